The van der Waals surface area contributed by atoms with E-state index in [1.54, 1.807) is 0 Å². The van der Waals surface area contributed by atoms with E-state index in [2.05, 4.69) is 19.2 Å². The maximum absolute atomic E-state index is 10.6. The van der Waals surface area contributed by atoms with Crippen molar-refractivity contribution in [1.29, 1.82) is 0 Å². The molecule has 4 nitrogen and oxygen atoms in total. The molecule has 0 spiro atoms. The SMILES string of the molecule is CC(C)C1(CNCc2ccc(OCC(N)=O)cc2)CC1. The minimum absolute atomic E-state index is 0.0749. The van der Waals surface area contributed by atoms with Crippen LogP contribution in [0.4, 0.5) is 0 Å². The summed E-state index contributed by atoms with van der Waals surface area (Å²) < 4.78 is 5.23. The lowest BCUT2D eigenvalue weighted by Crippen LogP contribution is -2.27. The van der Waals surface area contributed by atoms with Crippen LogP contribution in [-0.2, 0) is 11.3 Å². The lowest BCUT2D eigenvalue weighted by molar-refractivity contribution is -0.119. The minimum atomic E-state index is -0.459. The van der Waals surface area contributed by atoms with E-state index in [-0.39, 0.29) is 6.61 Å². The maximum atomic E-state index is 10.6. The van der Waals surface area contributed by atoms with Crippen LogP contribution in [0.25, 0.3) is 0 Å². The number of ether oxygens (including phenoxy) is 1. The second-order valence-electron chi connectivity index (χ2n) is 6.02. The van der Waals surface area contributed by atoms with Gasteiger partial charge >= 0.3 is 0 Å². The number of primary amides is 1. The van der Waals surface area contributed by atoms with Gasteiger partial charge in [0.1, 0.15) is 5.75 Å². The van der Waals surface area contributed by atoms with Crippen molar-refractivity contribution in [3.05, 3.63) is 29.8 Å². The normalized spacial score (nSPS) is 16.1. The number of nitrogens with two attached hydrogens (primary N) is 1. The van der Waals surface area contributed by atoms with Crippen LogP contribution < -0.4 is 15.8 Å². The second kappa shape index (κ2) is 6.27. The Balaban J connectivity index is 1.75. The van der Waals surface area contributed by atoms with Gasteiger partial charge in [0.15, 0.2) is 6.61 Å². The summed E-state index contributed by atoms with van der Waals surface area (Å²) in [6.45, 7) is 6.49. The first-order valence-electron chi connectivity index (χ1n) is 7.23. The molecule has 1 aromatic carbocycles. The topological polar surface area (TPSA) is 64.3 Å². The van der Waals surface area contributed by atoms with Crippen molar-refractivity contribution in [3.63, 3.8) is 0 Å². The predicted molar refractivity (Wildman–Crippen MR) is 79.3 cm³/mol. The Morgan fingerprint density at radius 2 is 2.00 bits per heavy atom. The largest absolute Gasteiger partial charge is 0.484 e. The smallest absolute Gasteiger partial charge is 0.255 e. The maximum Gasteiger partial charge on any atom is 0.255 e. The highest BCUT2D eigenvalue weighted by Crippen LogP contribution is 2.51. The van der Waals surface area contributed by atoms with Crippen molar-refractivity contribution in [3.8, 4) is 5.75 Å². The van der Waals surface area contributed by atoms with Crippen LogP contribution in [0.15, 0.2) is 24.3 Å². The van der Waals surface area contributed by atoms with Crippen molar-refractivity contribution >= 4 is 5.91 Å². The van der Waals surface area contributed by atoms with Crippen LogP contribution in [0.1, 0.15) is 32.3 Å². The first-order chi connectivity index (χ1) is 9.52. The summed E-state index contributed by atoms with van der Waals surface area (Å²) >= 11 is 0. The standard InChI is InChI=1S/C16H24N2O2/c1-12(2)16(7-8-16)11-18-9-13-3-5-14(6-4-13)20-10-15(17)19/h3-6,12,18H,7-11H2,1-2H3,(H2,17,19). The van der Waals surface area contributed by atoms with Gasteiger partial charge in [0.2, 0.25) is 0 Å². The Bertz CT molecular complexity index is 450. The molecule has 110 valence electrons. The molecule has 0 heterocycles. The first kappa shape index (κ1) is 14.9. The molecule has 0 bridgehead atoms. The molecule has 3 N–H and O–H groups in total. The summed E-state index contributed by atoms with van der Waals surface area (Å²) in [5, 5.41) is 3.54. The van der Waals surface area contributed by atoms with Crippen LogP contribution in [0.5, 0.6) is 5.75 Å². The van der Waals surface area contributed by atoms with Gasteiger partial charge in [-0.15, -0.1) is 0 Å². The fourth-order valence-electron chi connectivity index (χ4n) is 2.43. The van der Waals surface area contributed by atoms with Gasteiger partial charge in [0.05, 0.1) is 0 Å². The monoisotopic (exact) mass is 276 g/mol. The zero-order valence-electron chi connectivity index (χ0n) is 12.3. The molecule has 4 heteroatoms. The summed E-state index contributed by atoms with van der Waals surface area (Å²) in [7, 11) is 0. The summed E-state index contributed by atoms with van der Waals surface area (Å²) in [6, 6.07) is 7.77. The molecule has 20 heavy (non-hydrogen) atoms. The lowest BCUT2D eigenvalue weighted by Gasteiger charge is -2.20. The zero-order valence-corrected chi connectivity index (χ0v) is 12.3. The number of nitrogens with one attached hydrogen (secondary N) is 1. The highest BCUT2D eigenvalue weighted by atomic mass is 16.5. The minimum Gasteiger partial charge on any atom is -0.484 e. The number of benzene rings is 1. The van der Waals surface area contributed by atoms with E-state index in [0.29, 0.717) is 11.2 Å². The molecule has 0 radical (unpaired) electrons. The molecular formula is C16H24N2O2. The Morgan fingerprint density at radius 1 is 1.35 bits per heavy atom. The average Bonchev–Trinajstić information content (AvgIpc) is 3.19. The van der Waals surface area contributed by atoms with Crippen LogP contribution in [-0.4, -0.2) is 19.1 Å². The number of amides is 1. The number of hydrogen-bond acceptors (Lipinski definition) is 3. The molecule has 0 atom stereocenters. The van der Waals surface area contributed by atoms with Crippen molar-refractivity contribution < 1.29 is 9.53 Å². The van der Waals surface area contributed by atoms with E-state index >= 15 is 0 Å². The third kappa shape index (κ3) is 3.97. The molecule has 0 aromatic heterocycles. The average molecular weight is 276 g/mol. The molecule has 1 amide bonds. The quantitative estimate of drug-likeness (QED) is 0.764. The Kier molecular flexibility index (Phi) is 4.65. The van der Waals surface area contributed by atoms with E-state index in [1.807, 2.05) is 24.3 Å². The summed E-state index contributed by atoms with van der Waals surface area (Å²) in [6.07, 6.45) is 2.69. The molecule has 1 aliphatic carbocycles. The third-order valence-corrected chi connectivity index (χ3v) is 4.23. The van der Waals surface area contributed by atoms with Gasteiger partial charge in [-0.3, -0.25) is 4.79 Å². The number of carbonyl (C=O) groups excluding carboxylic acids is 1. The summed E-state index contributed by atoms with van der Waals surface area (Å²) in [4.78, 5) is 10.6. The highest BCUT2D eigenvalue weighted by molar-refractivity contribution is 5.75. The van der Waals surface area contributed by atoms with E-state index in [1.165, 1.54) is 18.4 Å². The van der Waals surface area contributed by atoms with Crippen molar-refractivity contribution in [1.82, 2.24) is 5.32 Å². The van der Waals surface area contributed by atoms with E-state index in [4.69, 9.17) is 10.5 Å². The third-order valence-electron chi connectivity index (χ3n) is 4.23. The van der Waals surface area contributed by atoms with Crippen molar-refractivity contribution in [2.45, 2.75) is 33.2 Å². The Morgan fingerprint density at radius 3 is 2.50 bits per heavy atom. The Labute approximate surface area is 120 Å². The van der Waals surface area contributed by atoms with Crippen LogP contribution >= 0.6 is 0 Å². The molecule has 0 unspecified atom stereocenters. The van der Waals surface area contributed by atoms with Crippen LogP contribution in [0.2, 0.25) is 0 Å². The summed E-state index contributed by atoms with van der Waals surface area (Å²) in [5.41, 5.74) is 6.78. The fourth-order valence-corrected chi connectivity index (χ4v) is 2.43. The lowest BCUT2D eigenvalue weighted by atomic mass is 9.92. The molecule has 0 aliphatic heterocycles. The molecular weight excluding hydrogens is 252 g/mol. The highest BCUT2D eigenvalue weighted by Gasteiger charge is 2.44. The predicted octanol–water partition coefficient (Wildman–Crippen LogP) is 2.08. The number of rotatable bonds is 8. The molecule has 1 saturated carbocycles. The first-order valence-corrected chi connectivity index (χ1v) is 7.23. The van der Waals surface area contributed by atoms with E-state index in [0.717, 1.165) is 19.0 Å². The fraction of sp³-hybridized carbons (Fsp3) is 0.562. The van der Waals surface area contributed by atoms with Crippen LogP contribution in [0, 0.1) is 11.3 Å². The van der Waals surface area contributed by atoms with Gasteiger partial charge in [-0.1, -0.05) is 26.0 Å². The number of carbonyl (C=O) groups is 1. The van der Waals surface area contributed by atoms with Crippen molar-refractivity contribution in [2.24, 2.45) is 17.1 Å². The van der Waals surface area contributed by atoms with E-state index in [9.17, 15) is 4.79 Å². The van der Waals surface area contributed by atoms with Gasteiger partial charge in [-0.05, 0) is 41.9 Å². The van der Waals surface area contributed by atoms with Gasteiger partial charge in [0, 0.05) is 13.1 Å². The zero-order chi connectivity index (χ0) is 14.6. The second-order valence-corrected chi connectivity index (χ2v) is 6.02. The van der Waals surface area contributed by atoms with E-state index < -0.39 is 5.91 Å². The van der Waals surface area contributed by atoms with Gasteiger partial charge in [-0.25, -0.2) is 0 Å². The molecule has 1 aromatic rings. The summed E-state index contributed by atoms with van der Waals surface area (Å²) in [5.74, 6) is 0.965. The molecule has 1 aliphatic rings. The molecule has 2 rings (SSSR count). The number of hydrogen-bond donors (Lipinski definition) is 2. The van der Waals surface area contributed by atoms with Gasteiger partial charge < -0.3 is 15.8 Å². The van der Waals surface area contributed by atoms with Gasteiger partial charge in [-0.2, -0.15) is 0 Å². The molecule has 1 fully saturated rings. The van der Waals surface area contributed by atoms with Crippen molar-refractivity contribution in [2.75, 3.05) is 13.2 Å². The Hall–Kier alpha value is -1.55. The van der Waals surface area contributed by atoms with Crippen LogP contribution in [0.3, 0.4) is 0 Å². The molecule has 0 saturated heterocycles. The van der Waals surface area contributed by atoms with Gasteiger partial charge in [0.25, 0.3) is 5.91 Å².